The third-order valence-corrected chi connectivity index (χ3v) is 5.93. The Morgan fingerprint density at radius 1 is 1.09 bits per heavy atom. The zero-order valence-electron chi connectivity index (χ0n) is 17.7. The first-order valence-electron chi connectivity index (χ1n) is 10.7. The Hall–Kier alpha value is -3.00. The van der Waals surface area contributed by atoms with E-state index in [1.54, 1.807) is 22.9 Å². The minimum Gasteiger partial charge on any atom is -0.354 e. The van der Waals surface area contributed by atoms with Crippen LogP contribution in [0.25, 0.3) is 11.3 Å². The van der Waals surface area contributed by atoms with Crippen molar-refractivity contribution in [2.24, 2.45) is 5.92 Å². The van der Waals surface area contributed by atoms with Gasteiger partial charge in [0, 0.05) is 24.3 Å². The lowest BCUT2D eigenvalue weighted by molar-refractivity contribution is -0.138. The molecule has 1 heterocycles. The van der Waals surface area contributed by atoms with Gasteiger partial charge in [-0.2, -0.15) is 13.2 Å². The Labute approximate surface area is 193 Å². The number of nitrogens with zero attached hydrogens (tertiary/aromatic N) is 2. The molecule has 0 saturated heterocycles. The van der Waals surface area contributed by atoms with E-state index in [9.17, 15) is 22.8 Å². The smallest absolute Gasteiger partial charge is 0.354 e. The summed E-state index contributed by atoms with van der Waals surface area (Å²) in [5.74, 6) is 0.0138. The quantitative estimate of drug-likeness (QED) is 0.508. The summed E-state index contributed by atoms with van der Waals surface area (Å²) in [5.41, 5.74) is 0.642. The minimum absolute atomic E-state index is 0.0352. The molecule has 1 aliphatic carbocycles. The van der Waals surface area contributed by atoms with E-state index in [1.807, 2.05) is 12.1 Å². The highest BCUT2D eigenvalue weighted by atomic mass is 35.5. The molecule has 1 N–H and O–H groups in total. The van der Waals surface area contributed by atoms with Crippen LogP contribution in [0.3, 0.4) is 0 Å². The number of hydrogen-bond donors (Lipinski definition) is 1. The number of imidazole rings is 1. The maximum absolute atomic E-state index is 13.1. The van der Waals surface area contributed by atoms with Crippen LogP contribution in [0, 0.1) is 5.92 Å². The molecular formula is C24H23ClF3N3O2. The lowest BCUT2D eigenvalue weighted by atomic mass is 10.0. The molecule has 0 aliphatic heterocycles. The SMILES string of the molecule is O=C(Cn1cc(-c2ccc(Cl)cc2)n(CC2CC2)c1=O)NCCc1ccccc1C(F)(F)F. The highest BCUT2D eigenvalue weighted by Gasteiger charge is 2.32. The molecule has 0 unspecified atom stereocenters. The van der Waals surface area contributed by atoms with Gasteiger partial charge in [-0.15, -0.1) is 0 Å². The summed E-state index contributed by atoms with van der Waals surface area (Å²) < 4.78 is 42.4. The number of nitrogens with one attached hydrogen (secondary N) is 1. The van der Waals surface area contributed by atoms with E-state index in [0.29, 0.717) is 23.2 Å². The van der Waals surface area contributed by atoms with Gasteiger partial charge in [-0.1, -0.05) is 41.9 Å². The van der Waals surface area contributed by atoms with E-state index in [2.05, 4.69) is 5.32 Å². The zero-order chi connectivity index (χ0) is 23.6. The van der Waals surface area contributed by atoms with E-state index in [-0.39, 0.29) is 30.8 Å². The van der Waals surface area contributed by atoms with Crippen molar-refractivity contribution in [3.05, 3.63) is 81.4 Å². The minimum atomic E-state index is -4.45. The second kappa shape index (κ2) is 9.47. The average molecular weight is 478 g/mol. The summed E-state index contributed by atoms with van der Waals surface area (Å²) in [5, 5.41) is 3.21. The molecule has 1 saturated carbocycles. The number of hydrogen-bond acceptors (Lipinski definition) is 2. The molecule has 0 bridgehead atoms. The van der Waals surface area contributed by atoms with Crippen molar-refractivity contribution in [3.8, 4) is 11.3 Å². The van der Waals surface area contributed by atoms with Crippen molar-refractivity contribution in [3.63, 3.8) is 0 Å². The van der Waals surface area contributed by atoms with Gasteiger partial charge in [0.05, 0.1) is 11.3 Å². The number of carbonyl (C=O) groups is 1. The molecule has 1 fully saturated rings. The molecule has 3 aromatic rings. The van der Waals surface area contributed by atoms with Gasteiger partial charge in [0.15, 0.2) is 0 Å². The topological polar surface area (TPSA) is 56.0 Å². The van der Waals surface area contributed by atoms with Gasteiger partial charge >= 0.3 is 11.9 Å². The largest absolute Gasteiger partial charge is 0.416 e. The lowest BCUT2D eigenvalue weighted by Crippen LogP contribution is -2.34. The average Bonchev–Trinajstić information content (AvgIpc) is 3.54. The van der Waals surface area contributed by atoms with Crippen LogP contribution in [0.4, 0.5) is 13.2 Å². The molecule has 174 valence electrons. The van der Waals surface area contributed by atoms with Gasteiger partial charge in [-0.25, -0.2) is 4.79 Å². The van der Waals surface area contributed by atoms with Gasteiger partial charge in [-0.3, -0.25) is 13.9 Å². The highest BCUT2D eigenvalue weighted by Crippen LogP contribution is 2.33. The Bertz CT molecular complexity index is 1190. The van der Waals surface area contributed by atoms with E-state index >= 15 is 0 Å². The number of halogens is 4. The fourth-order valence-corrected chi connectivity index (χ4v) is 3.92. The van der Waals surface area contributed by atoms with Gasteiger partial charge in [0.25, 0.3) is 0 Å². The van der Waals surface area contributed by atoms with Crippen molar-refractivity contribution in [1.29, 1.82) is 0 Å². The van der Waals surface area contributed by atoms with Crippen LogP contribution in [-0.4, -0.2) is 21.6 Å². The molecule has 9 heteroatoms. The number of benzene rings is 2. The first-order chi connectivity index (χ1) is 15.7. The summed E-state index contributed by atoms with van der Waals surface area (Å²) >= 11 is 5.98. The Kier molecular flexibility index (Phi) is 6.65. The van der Waals surface area contributed by atoms with Crippen LogP contribution in [0.1, 0.15) is 24.0 Å². The van der Waals surface area contributed by atoms with E-state index < -0.39 is 17.6 Å². The maximum atomic E-state index is 13.1. The third kappa shape index (κ3) is 5.68. The summed E-state index contributed by atoms with van der Waals surface area (Å²) in [6.07, 6.45) is -0.632. The summed E-state index contributed by atoms with van der Waals surface area (Å²) in [7, 11) is 0. The van der Waals surface area contributed by atoms with Crippen molar-refractivity contribution in [2.45, 2.75) is 38.5 Å². The normalized spacial score (nSPS) is 13.8. The van der Waals surface area contributed by atoms with Gasteiger partial charge in [0.2, 0.25) is 5.91 Å². The summed E-state index contributed by atoms with van der Waals surface area (Å²) in [4.78, 5) is 25.4. The number of alkyl halides is 3. The van der Waals surface area contributed by atoms with Gasteiger partial charge in [-0.05, 0) is 54.5 Å². The van der Waals surface area contributed by atoms with Crippen LogP contribution in [0.2, 0.25) is 5.02 Å². The van der Waals surface area contributed by atoms with Crippen LogP contribution in [0.5, 0.6) is 0 Å². The fourth-order valence-electron chi connectivity index (χ4n) is 3.79. The Morgan fingerprint density at radius 3 is 2.45 bits per heavy atom. The predicted octanol–water partition coefficient (Wildman–Crippen LogP) is 4.76. The molecule has 0 spiro atoms. The number of carbonyl (C=O) groups excluding carboxylic acids is 1. The number of rotatable bonds is 8. The molecule has 1 aromatic heterocycles. The zero-order valence-corrected chi connectivity index (χ0v) is 18.5. The highest BCUT2D eigenvalue weighted by molar-refractivity contribution is 6.30. The molecule has 2 aromatic carbocycles. The molecule has 1 amide bonds. The first kappa shape index (κ1) is 23.2. The van der Waals surface area contributed by atoms with Crippen LogP contribution in [0.15, 0.2) is 59.5 Å². The van der Waals surface area contributed by atoms with Gasteiger partial charge in [0.1, 0.15) is 6.54 Å². The Balaban J connectivity index is 1.45. The Morgan fingerprint density at radius 2 is 1.79 bits per heavy atom. The first-order valence-corrected chi connectivity index (χ1v) is 11.1. The van der Waals surface area contributed by atoms with Crippen LogP contribution >= 0.6 is 11.6 Å². The second-order valence-corrected chi connectivity index (χ2v) is 8.68. The molecule has 0 radical (unpaired) electrons. The predicted molar refractivity (Wildman–Crippen MR) is 120 cm³/mol. The summed E-state index contributed by atoms with van der Waals surface area (Å²) in [6, 6.07) is 12.4. The fraction of sp³-hybridized carbons (Fsp3) is 0.333. The van der Waals surface area contributed by atoms with Crippen molar-refractivity contribution in [1.82, 2.24) is 14.5 Å². The van der Waals surface area contributed by atoms with Crippen molar-refractivity contribution < 1.29 is 18.0 Å². The number of amides is 1. The third-order valence-electron chi connectivity index (χ3n) is 5.68. The van der Waals surface area contributed by atoms with E-state index in [4.69, 9.17) is 11.6 Å². The lowest BCUT2D eigenvalue weighted by Gasteiger charge is -2.13. The second-order valence-electron chi connectivity index (χ2n) is 8.24. The number of aromatic nitrogens is 2. The van der Waals surface area contributed by atoms with Gasteiger partial charge < -0.3 is 5.32 Å². The molecular weight excluding hydrogens is 455 g/mol. The molecule has 4 rings (SSSR count). The molecule has 33 heavy (non-hydrogen) atoms. The molecule has 1 aliphatic rings. The maximum Gasteiger partial charge on any atom is 0.416 e. The molecule has 0 atom stereocenters. The van der Waals surface area contributed by atoms with Crippen molar-refractivity contribution in [2.75, 3.05) is 6.54 Å². The van der Waals surface area contributed by atoms with E-state index in [1.165, 1.54) is 22.8 Å². The van der Waals surface area contributed by atoms with E-state index in [0.717, 1.165) is 24.5 Å². The van der Waals surface area contributed by atoms with Crippen LogP contribution in [-0.2, 0) is 30.5 Å². The standard InChI is InChI=1S/C24H23ClF3N3O2/c25-19-9-7-18(8-10-19)21-14-30(23(33)31(21)13-16-5-6-16)15-22(32)29-12-11-17-3-1-2-4-20(17)24(26,27)28/h1-4,7-10,14,16H,5-6,11-13,15H2,(H,29,32). The monoisotopic (exact) mass is 477 g/mol. The molecule has 5 nitrogen and oxygen atoms in total. The van der Waals surface area contributed by atoms with Crippen LogP contribution < -0.4 is 11.0 Å². The summed E-state index contributed by atoms with van der Waals surface area (Å²) in [6.45, 7) is 0.408. The van der Waals surface area contributed by atoms with Crippen molar-refractivity contribution >= 4 is 17.5 Å².